The Hall–Kier alpha value is -3.18. The first kappa shape index (κ1) is 11.3. The van der Waals surface area contributed by atoms with Crippen LogP contribution in [0.25, 0.3) is 0 Å². The summed E-state index contributed by atoms with van der Waals surface area (Å²) < 4.78 is 8.55. The van der Waals surface area contributed by atoms with Crippen molar-refractivity contribution in [2.24, 2.45) is 10.8 Å². The standard InChI is InChI=1S/C6H7N9O3/c7-3(1-4(8)14-17-12-1)10-11-6(16)2-5(9)15-18-13-2/h(H2,7,10)(H2,8,14)(H2,9,15)(H,11,16). The van der Waals surface area contributed by atoms with Gasteiger partial charge in [-0.3, -0.25) is 4.79 Å². The zero-order valence-electron chi connectivity index (χ0n) is 8.69. The zero-order valence-corrected chi connectivity index (χ0v) is 8.69. The van der Waals surface area contributed by atoms with Gasteiger partial charge in [0.1, 0.15) is 0 Å². The molecule has 2 aromatic rings. The van der Waals surface area contributed by atoms with Gasteiger partial charge in [-0.2, -0.15) is 5.10 Å². The third-order valence-corrected chi connectivity index (χ3v) is 1.76. The quantitative estimate of drug-likeness (QED) is 0.261. The maximum atomic E-state index is 11.5. The fourth-order valence-electron chi connectivity index (χ4n) is 0.943. The number of rotatable bonds is 3. The Labute approximate surface area is 98.1 Å². The van der Waals surface area contributed by atoms with Gasteiger partial charge >= 0.3 is 0 Å². The van der Waals surface area contributed by atoms with Crippen LogP contribution in [0.4, 0.5) is 11.6 Å². The van der Waals surface area contributed by atoms with Crippen molar-refractivity contribution in [2.75, 3.05) is 11.5 Å². The Kier molecular flexibility index (Phi) is 2.74. The van der Waals surface area contributed by atoms with Crippen LogP contribution in [-0.4, -0.2) is 32.4 Å². The molecule has 0 saturated heterocycles. The first-order chi connectivity index (χ1) is 8.59. The topological polar surface area (TPSA) is 197 Å². The van der Waals surface area contributed by atoms with Crippen LogP contribution >= 0.6 is 0 Å². The number of nitrogen functional groups attached to an aromatic ring is 2. The molecule has 2 heterocycles. The summed E-state index contributed by atoms with van der Waals surface area (Å²) >= 11 is 0. The van der Waals surface area contributed by atoms with Crippen LogP contribution in [0.5, 0.6) is 0 Å². The van der Waals surface area contributed by atoms with E-state index in [4.69, 9.17) is 17.2 Å². The molecule has 0 aliphatic rings. The molecule has 0 atom stereocenters. The molecule has 94 valence electrons. The Bertz CT molecular complexity index is 599. The smallest absolute Gasteiger partial charge is 0.297 e. The number of hydrazone groups is 1. The van der Waals surface area contributed by atoms with E-state index in [1.807, 2.05) is 0 Å². The highest BCUT2D eigenvalue weighted by molar-refractivity contribution is 6.01. The van der Waals surface area contributed by atoms with Crippen LogP contribution in [0.3, 0.4) is 0 Å². The monoisotopic (exact) mass is 253 g/mol. The molecule has 0 aliphatic carbocycles. The van der Waals surface area contributed by atoms with Crippen molar-refractivity contribution in [3.8, 4) is 0 Å². The molecule has 12 heteroatoms. The fourth-order valence-corrected chi connectivity index (χ4v) is 0.943. The number of nitrogens with two attached hydrogens (primary N) is 3. The lowest BCUT2D eigenvalue weighted by molar-refractivity contribution is 0.0945. The number of amides is 1. The predicted molar refractivity (Wildman–Crippen MR) is 55.6 cm³/mol. The van der Waals surface area contributed by atoms with Gasteiger partial charge in [0.05, 0.1) is 0 Å². The van der Waals surface area contributed by atoms with Crippen molar-refractivity contribution < 1.29 is 14.1 Å². The highest BCUT2D eigenvalue weighted by Crippen LogP contribution is 2.04. The third-order valence-electron chi connectivity index (χ3n) is 1.76. The van der Waals surface area contributed by atoms with Gasteiger partial charge in [-0.25, -0.2) is 14.7 Å². The van der Waals surface area contributed by atoms with Gasteiger partial charge in [-0.05, 0) is 20.6 Å². The normalized spacial score (nSPS) is 11.4. The number of carbonyl (C=O) groups is 1. The van der Waals surface area contributed by atoms with Gasteiger partial charge in [0.2, 0.25) is 11.5 Å². The van der Waals surface area contributed by atoms with Gasteiger partial charge in [-0.15, -0.1) is 0 Å². The van der Waals surface area contributed by atoms with E-state index in [0.717, 1.165) is 0 Å². The number of anilines is 2. The Morgan fingerprint density at radius 1 is 1.06 bits per heavy atom. The van der Waals surface area contributed by atoms with Crippen molar-refractivity contribution in [3.63, 3.8) is 0 Å². The summed E-state index contributed by atoms with van der Waals surface area (Å²) in [5, 5.41) is 16.7. The summed E-state index contributed by atoms with van der Waals surface area (Å²) in [6.07, 6.45) is 0. The second kappa shape index (κ2) is 4.36. The number of nitrogens with one attached hydrogen (secondary N) is 1. The Morgan fingerprint density at radius 2 is 1.61 bits per heavy atom. The zero-order chi connectivity index (χ0) is 13.1. The summed E-state index contributed by atoms with van der Waals surface area (Å²) in [6.45, 7) is 0. The Morgan fingerprint density at radius 3 is 2.11 bits per heavy atom. The van der Waals surface area contributed by atoms with Crippen LogP contribution in [0.2, 0.25) is 0 Å². The molecule has 18 heavy (non-hydrogen) atoms. The largest absolute Gasteiger partial charge is 0.380 e. The summed E-state index contributed by atoms with van der Waals surface area (Å²) in [6, 6.07) is 0. The lowest BCUT2D eigenvalue weighted by Gasteiger charge is -1.97. The van der Waals surface area contributed by atoms with Gasteiger partial charge < -0.3 is 17.2 Å². The van der Waals surface area contributed by atoms with E-state index in [1.54, 1.807) is 0 Å². The minimum Gasteiger partial charge on any atom is -0.380 e. The second-order valence-electron chi connectivity index (χ2n) is 2.93. The number of aromatic nitrogens is 4. The number of amidine groups is 1. The van der Waals surface area contributed by atoms with Crippen LogP contribution < -0.4 is 22.6 Å². The van der Waals surface area contributed by atoms with Crippen molar-refractivity contribution >= 4 is 23.4 Å². The van der Waals surface area contributed by atoms with Crippen LogP contribution in [0, 0.1) is 0 Å². The van der Waals surface area contributed by atoms with E-state index in [0.29, 0.717) is 0 Å². The number of hydrogen-bond donors (Lipinski definition) is 4. The SMILES string of the molecule is NC(=NNC(=O)c1nonc1N)c1nonc1N. The highest BCUT2D eigenvalue weighted by Gasteiger charge is 2.16. The number of hydrogen-bond acceptors (Lipinski definition) is 10. The molecule has 0 spiro atoms. The van der Waals surface area contributed by atoms with Crippen LogP contribution in [0.15, 0.2) is 14.4 Å². The molecular weight excluding hydrogens is 246 g/mol. The summed E-state index contributed by atoms with van der Waals surface area (Å²) in [5.74, 6) is -1.19. The van der Waals surface area contributed by atoms with Gasteiger partial charge in [0.25, 0.3) is 5.91 Å². The molecule has 1 amide bonds. The minimum absolute atomic E-state index is 0.00143. The summed E-state index contributed by atoms with van der Waals surface area (Å²) in [7, 11) is 0. The van der Waals surface area contributed by atoms with E-state index < -0.39 is 5.91 Å². The Balaban J connectivity index is 2.10. The van der Waals surface area contributed by atoms with Crippen molar-refractivity contribution in [3.05, 3.63) is 11.4 Å². The lowest BCUT2D eigenvalue weighted by Crippen LogP contribution is -2.25. The number of nitrogens with zero attached hydrogens (tertiary/aromatic N) is 5. The molecule has 12 nitrogen and oxygen atoms in total. The van der Waals surface area contributed by atoms with Crippen LogP contribution in [0.1, 0.15) is 16.2 Å². The van der Waals surface area contributed by atoms with Crippen molar-refractivity contribution in [1.82, 2.24) is 26.1 Å². The van der Waals surface area contributed by atoms with Crippen LogP contribution in [-0.2, 0) is 0 Å². The molecule has 0 aliphatic heterocycles. The molecule has 0 saturated carbocycles. The van der Waals surface area contributed by atoms with E-state index in [9.17, 15) is 4.79 Å². The van der Waals surface area contributed by atoms with Crippen molar-refractivity contribution in [2.45, 2.75) is 0 Å². The molecule has 0 fully saturated rings. The van der Waals surface area contributed by atoms with E-state index in [1.165, 1.54) is 0 Å². The molecule has 2 aromatic heterocycles. The van der Waals surface area contributed by atoms with E-state index >= 15 is 0 Å². The average molecular weight is 253 g/mol. The first-order valence-electron chi connectivity index (χ1n) is 4.39. The molecule has 0 radical (unpaired) electrons. The predicted octanol–water partition coefficient (Wildman–Crippen LogP) is -2.33. The maximum Gasteiger partial charge on any atom is 0.297 e. The van der Waals surface area contributed by atoms with E-state index in [2.05, 4.69) is 40.4 Å². The van der Waals surface area contributed by atoms with Gasteiger partial charge in [0, 0.05) is 0 Å². The second-order valence-corrected chi connectivity index (χ2v) is 2.93. The van der Waals surface area contributed by atoms with E-state index in [-0.39, 0.29) is 28.9 Å². The molecular formula is C6H7N9O3. The van der Waals surface area contributed by atoms with Gasteiger partial charge in [0.15, 0.2) is 17.3 Å². The van der Waals surface area contributed by atoms with Gasteiger partial charge in [-0.1, -0.05) is 0 Å². The van der Waals surface area contributed by atoms with Crippen molar-refractivity contribution in [1.29, 1.82) is 0 Å². The highest BCUT2D eigenvalue weighted by atomic mass is 16.6. The molecule has 7 N–H and O–H groups in total. The maximum absolute atomic E-state index is 11.5. The number of carbonyl (C=O) groups excluding carboxylic acids is 1. The minimum atomic E-state index is -0.758. The lowest BCUT2D eigenvalue weighted by atomic mass is 10.4. The summed E-state index contributed by atoms with van der Waals surface area (Å²) in [5.41, 5.74) is 18.0. The third kappa shape index (κ3) is 2.01. The average Bonchev–Trinajstić information content (AvgIpc) is 2.94. The molecule has 0 aromatic carbocycles. The first-order valence-corrected chi connectivity index (χ1v) is 4.39. The molecule has 2 rings (SSSR count). The summed E-state index contributed by atoms with van der Waals surface area (Å²) in [4.78, 5) is 11.5. The molecule has 0 bridgehead atoms. The molecule has 0 unspecified atom stereocenters. The fraction of sp³-hybridized carbons (Fsp3) is 0.